The van der Waals surface area contributed by atoms with E-state index in [4.69, 9.17) is 21.1 Å². The molecule has 1 atom stereocenters. The van der Waals surface area contributed by atoms with Gasteiger partial charge in [0.05, 0.1) is 29.8 Å². The van der Waals surface area contributed by atoms with Crippen molar-refractivity contribution in [1.82, 2.24) is 9.78 Å². The fourth-order valence-electron chi connectivity index (χ4n) is 3.32. The molecule has 0 amide bonds. The van der Waals surface area contributed by atoms with Gasteiger partial charge in [0.1, 0.15) is 6.61 Å². The number of rotatable bonds is 9. The first kappa shape index (κ1) is 25.9. The quantitative estimate of drug-likeness (QED) is 0.411. The molecule has 3 aromatic rings. The van der Waals surface area contributed by atoms with Crippen LogP contribution >= 0.6 is 11.6 Å². The lowest BCUT2D eigenvalue weighted by Gasteiger charge is -2.17. The number of aromatic nitrogens is 2. The van der Waals surface area contributed by atoms with Crippen LogP contribution in [0.1, 0.15) is 55.2 Å². The standard InChI is InChI=1S/C24H27ClN2O6S/c1-15(2)27-24(28)23(25)21(12-26-27)33-14-19-8-6-18(7-9-19)13-32-17(4)20-11-16(3)5-10-22(20)34(29,30)31/h5-12,15,17H,13-14H2,1-4H3,(H,29,30,31). The van der Waals surface area contributed by atoms with Crippen molar-refractivity contribution in [2.24, 2.45) is 0 Å². The van der Waals surface area contributed by atoms with Crippen LogP contribution in [-0.4, -0.2) is 22.8 Å². The highest BCUT2D eigenvalue weighted by Crippen LogP contribution is 2.27. The van der Waals surface area contributed by atoms with Crippen molar-refractivity contribution in [3.8, 4) is 5.75 Å². The van der Waals surface area contributed by atoms with E-state index in [0.717, 1.165) is 16.7 Å². The summed E-state index contributed by atoms with van der Waals surface area (Å²) in [4.78, 5) is 12.1. The normalized spacial score (nSPS) is 12.7. The number of ether oxygens (including phenoxy) is 2. The average molecular weight is 507 g/mol. The zero-order valence-electron chi connectivity index (χ0n) is 19.4. The van der Waals surface area contributed by atoms with Gasteiger partial charge in [0.15, 0.2) is 10.8 Å². The largest absolute Gasteiger partial charge is 0.485 e. The molecule has 0 bridgehead atoms. The third-order valence-electron chi connectivity index (χ3n) is 5.20. The van der Waals surface area contributed by atoms with Crippen LogP contribution in [0.15, 0.2) is 58.4 Å². The van der Waals surface area contributed by atoms with E-state index in [9.17, 15) is 17.8 Å². The summed E-state index contributed by atoms with van der Waals surface area (Å²) < 4.78 is 45.7. The van der Waals surface area contributed by atoms with Gasteiger partial charge in [0.25, 0.3) is 15.7 Å². The zero-order chi connectivity index (χ0) is 25.0. The van der Waals surface area contributed by atoms with Crippen LogP contribution in [0.3, 0.4) is 0 Å². The first-order valence-electron chi connectivity index (χ1n) is 10.6. The van der Waals surface area contributed by atoms with Crippen LogP contribution in [0.2, 0.25) is 5.02 Å². The SMILES string of the molecule is Cc1ccc(S(=O)(=O)O)c(C(C)OCc2ccc(COc3cnn(C(C)C)c(=O)c3Cl)cc2)c1. The predicted molar refractivity (Wildman–Crippen MR) is 129 cm³/mol. The fraction of sp³-hybridized carbons (Fsp3) is 0.333. The molecule has 34 heavy (non-hydrogen) atoms. The first-order valence-corrected chi connectivity index (χ1v) is 12.5. The topological polar surface area (TPSA) is 108 Å². The summed E-state index contributed by atoms with van der Waals surface area (Å²) in [6.07, 6.45) is 0.877. The lowest BCUT2D eigenvalue weighted by atomic mass is 10.1. The van der Waals surface area contributed by atoms with Crippen molar-refractivity contribution >= 4 is 21.7 Å². The van der Waals surface area contributed by atoms with E-state index in [1.54, 1.807) is 19.1 Å². The van der Waals surface area contributed by atoms with Crippen LogP contribution in [0.4, 0.5) is 0 Å². The van der Waals surface area contributed by atoms with Crippen LogP contribution in [0.5, 0.6) is 5.75 Å². The van der Waals surface area contributed by atoms with Gasteiger partial charge in [-0.3, -0.25) is 9.35 Å². The lowest BCUT2D eigenvalue weighted by molar-refractivity contribution is 0.0506. The molecule has 10 heteroatoms. The average Bonchev–Trinajstić information content (AvgIpc) is 2.78. The van der Waals surface area contributed by atoms with Crippen molar-refractivity contribution in [2.75, 3.05) is 0 Å². The molecule has 0 fully saturated rings. The third-order valence-corrected chi connectivity index (χ3v) is 6.47. The van der Waals surface area contributed by atoms with Gasteiger partial charge in [-0.1, -0.05) is 53.6 Å². The van der Waals surface area contributed by atoms with Crippen LogP contribution in [0, 0.1) is 6.92 Å². The Morgan fingerprint density at radius 3 is 2.26 bits per heavy atom. The van der Waals surface area contributed by atoms with Crippen molar-refractivity contribution in [3.05, 3.63) is 86.3 Å². The monoisotopic (exact) mass is 506 g/mol. The minimum Gasteiger partial charge on any atom is -0.485 e. The molecule has 2 aromatic carbocycles. The number of hydrogen-bond acceptors (Lipinski definition) is 6. The third kappa shape index (κ3) is 6.24. The van der Waals surface area contributed by atoms with E-state index in [1.807, 2.05) is 45.0 Å². The Bertz CT molecular complexity index is 1320. The van der Waals surface area contributed by atoms with Gasteiger partial charge in [0, 0.05) is 5.56 Å². The Morgan fingerprint density at radius 2 is 1.68 bits per heavy atom. The molecule has 1 heterocycles. The molecular formula is C24H27ClN2O6S. The van der Waals surface area contributed by atoms with Crippen LogP contribution < -0.4 is 10.3 Å². The van der Waals surface area contributed by atoms with E-state index in [1.165, 1.54) is 16.9 Å². The molecule has 0 saturated carbocycles. The van der Waals surface area contributed by atoms with E-state index in [-0.39, 0.29) is 34.9 Å². The minimum absolute atomic E-state index is 0.0110. The summed E-state index contributed by atoms with van der Waals surface area (Å²) in [7, 11) is -4.35. The second kappa shape index (κ2) is 10.7. The van der Waals surface area contributed by atoms with Gasteiger partial charge < -0.3 is 9.47 Å². The molecular weight excluding hydrogens is 480 g/mol. The molecule has 0 aliphatic heterocycles. The second-order valence-corrected chi connectivity index (χ2v) is 10.0. The number of aryl methyl sites for hydroxylation is 1. The fourth-order valence-corrected chi connectivity index (χ4v) is 4.28. The number of hydrogen-bond donors (Lipinski definition) is 1. The molecule has 1 unspecified atom stereocenters. The summed E-state index contributed by atoms with van der Waals surface area (Å²) in [6.45, 7) is 7.69. The molecule has 0 aliphatic carbocycles. The van der Waals surface area contributed by atoms with E-state index in [0.29, 0.717) is 5.56 Å². The molecule has 8 nitrogen and oxygen atoms in total. The van der Waals surface area contributed by atoms with Gasteiger partial charge in [-0.15, -0.1) is 0 Å². The highest BCUT2D eigenvalue weighted by atomic mass is 35.5. The van der Waals surface area contributed by atoms with Crippen molar-refractivity contribution in [3.63, 3.8) is 0 Å². The Kier molecular flexibility index (Phi) is 8.14. The Balaban J connectivity index is 1.63. The van der Waals surface area contributed by atoms with E-state index < -0.39 is 21.8 Å². The summed E-state index contributed by atoms with van der Waals surface area (Å²) in [6, 6.07) is 12.0. The van der Waals surface area contributed by atoms with Gasteiger partial charge >= 0.3 is 0 Å². The lowest BCUT2D eigenvalue weighted by Crippen LogP contribution is -2.25. The minimum atomic E-state index is -4.35. The first-order chi connectivity index (χ1) is 16.0. The van der Waals surface area contributed by atoms with Gasteiger partial charge in [0.2, 0.25) is 0 Å². The molecule has 182 valence electrons. The van der Waals surface area contributed by atoms with E-state index >= 15 is 0 Å². The second-order valence-electron chi connectivity index (χ2n) is 8.24. The number of halogens is 1. The van der Waals surface area contributed by atoms with Crippen LogP contribution in [-0.2, 0) is 28.1 Å². The van der Waals surface area contributed by atoms with Crippen molar-refractivity contribution < 1.29 is 22.4 Å². The Morgan fingerprint density at radius 1 is 1.06 bits per heavy atom. The summed E-state index contributed by atoms with van der Waals surface area (Å²) >= 11 is 6.14. The molecule has 0 aliphatic rings. The molecule has 1 aromatic heterocycles. The van der Waals surface area contributed by atoms with Gasteiger partial charge in [-0.25, -0.2) is 4.68 Å². The zero-order valence-corrected chi connectivity index (χ0v) is 20.9. The highest BCUT2D eigenvalue weighted by Gasteiger charge is 2.20. The Labute approximate surface area is 203 Å². The molecule has 0 saturated heterocycles. The molecule has 1 N–H and O–H groups in total. The van der Waals surface area contributed by atoms with Crippen molar-refractivity contribution in [1.29, 1.82) is 0 Å². The maximum Gasteiger partial charge on any atom is 0.294 e. The molecule has 0 radical (unpaired) electrons. The van der Waals surface area contributed by atoms with Gasteiger partial charge in [-0.2, -0.15) is 13.5 Å². The maximum absolute atomic E-state index is 12.2. The number of benzene rings is 2. The highest BCUT2D eigenvalue weighted by molar-refractivity contribution is 7.85. The van der Waals surface area contributed by atoms with Gasteiger partial charge in [-0.05, 0) is 44.9 Å². The van der Waals surface area contributed by atoms with Crippen molar-refractivity contribution in [2.45, 2.75) is 58.0 Å². The summed E-state index contributed by atoms with van der Waals surface area (Å²) in [5, 5.41) is 4.07. The summed E-state index contributed by atoms with van der Waals surface area (Å²) in [5.41, 5.74) is 2.59. The predicted octanol–water partition coefficient (Wildman–Crippen LogP) is 4.89. The van der Waals surface area contributed by atoms with Crippen LogP contribution in [0.25, 0.3) is 0 Å². The summed E-state index contributed by atoms with van der Waals surface area (Å²) in [5.74, 6) is 0.220. The smallest absolute Gasteiger partial charge is 0.294 e. The van der Waals surface area contributed by atoms with E-state index in [2.05, 4.69) is 5.10 Å². The molecule has 0 spiro atoms. The molecule has 3 rings (SSSR count). The maximum atomic E-state index is 12.2. The number of nitrogens with zero attached hydrogens (tertiary/aromatic N) is 2. The Hall–Kier alpha value is -2.72.